The van der Waals surface area contributed by atoms with Gasteiger partial charge >= 0.3 is 0 Å². The van der Waals surface area contributed by atoms with E-state index in [2.05, 4.69) is 24.1 Å². The van der Waals surface area contributed by atoms with Crippen LogP contribution >= 0.6 is 11.8 Å². The number of hydrogen-bond acceptors (Lipinski definition) is 3. The first-order valence-electron chi connectivity index (χ1n) is 3.30. The van der Waals surface area contributed by atoms with Gasteiger partial charge in [0.25, 0.3) is 0 Å². The molecule has 0 atom stereocenters. The molecule has 9 heavy (non-hydrogen) atoms. The number of rotatable bonds is 0. The normalized spacial score (nSPS) is 26.0. The minimum Gasteiger partial charge on any atom is -0.244 e. The van der Waals surface area contributed by atoms with Crippen molar-refractivity contribution < 1.29 is 0 Å². The molecule has 54 valence electrons. The van der Waals surface area contributed by atoms with Crippen LogP contribution in [0.25, 0.3) is 0 Å². The van der Waals surface area contributed by atoms with Crippen LogP contribution in [0.5, 0.6) is 0 Å². The summed E-state index contributed by atoms with van der Waals surface area (Å²) in [4.78, 5) is 0. The number of hydrogen-bond donors (Lipinski definition) is 0. The molecule has 1 rings (SSSR count). The molecule has 3 heteroatoms. The lowest BCUT2D eigenvalue weighted by molar-refractivity contribution is 0.0439. The average molecular weight is 146 g/mol. The van der Waals surface area contributed by atoms with Crippen molar-refractivity contribution in [1.29, 1.82) is 0 Å². The molecular formula is C6H14N2S. The van der Waals surface area contributed by atoms with Crippen LogP contribution in [0.1, 0.15) is 0 Å². The largest absolute Gasteiger partial charge is 0.244 e. The minimum absolute atomic E-state index is 1.20. The molecule has 0 bridgehead atoms. The maximum atomic E-state index is 2.28. The van der Waals surface area contributed by atoms with E-state index in [-0.39, 0.29) is 0 Å². The molecule has 1 fully saturated rings. The highest BCUT2D eigenvalue weighted by molar-refractivity contribution is 7.99. The highest BCUT2D eigenvalue weighted by Gasteiger charge is 2.08. The highest BCUT2D eigenvalue weighted by Crippen LogP contribution is 2.06. The molecule has 0 unspecified atom stereocenters. The maximum Gasteiger partial charge on any atom is 0.0221 e. The van der Waals surface area contributed by atoms with Gasteiger partial charge in [-0.15, -0.1) is 0 Å². The second kappa shape index (κ2) is 3.44. The first kappa shape index (κ1) is 7.38. The smallest absolute Gasteiger partial charge is 0.0221 e. The van der Waals surface area contributed by atoms with Crippen molar-refractivity contribution in [3.05, 3.63) is 0 Å². The summed E-state index contributed by atoms with van der Waals surface area (Å²) in [6.45, 7) is 2.39. The van der Waals surface area contributed by atoms with Gasteiger partial charge in [0.15, 0.2) is 0 Å². The van der Waals surface area contributed by atoms with Crippen molar-refractivity contribution >= 4 is 11.8 Å². The standard InChI is InChI=1S/C6H14N2S/c1-7-3-5-9-6-4-8(7)2/h3-6H2,1-2H3. The summed E-state index contributed by atoms with van der Waals surface area (Å²) in [6.07, 6.45) is 0. The van der Waals surface area contributed by atoms with E-state index >= 15 is 0 Å². The van der Waals surface area contributed by atoms with E-state index in [1.54, 1.807) is 0 Å². The SMILES string of the molecule is CN1CCSCCN1C. The van der Waals surface area contributed by atoms with E-state index < -0.39 is 0 Å². The molecule has 2 nitrogen and oxygen atoms in total. The number of thioether (sulfide) groups is 1. The van der Waals surface area contributed by atoms with Gasteiger partial charge in [-0.2, -0.15) is 11.8 Å². The van der Waals surface area contributed by atoms with E-state index in [4.69, 9.17) is 0 Å². The van der Waals surface area contributed by atoms with Crippen molar-refractivity contribution in [3.8, 4) is 0 Å². The lowest BCUT2D eigenvalue weighted by Gasteiger charge is -2.24. The first-order chi connectivity index (χ1) is 4.30. The quantitative estimate of drug-likeness (QED) is 0.492. The Morgan fingerprint density at radius 1 is 1.00 bits per heavy atom. The van der Waals surface area contributed by atoms with Gasteiger partial charge in [0, 0.05) is 38.7 Å². The fourth-order valence-corrected chi connectivity index (χ4v) is 1.83. The van der Waals surface area contributed by atoms with Crippen LogP contribution in [-0.2, 0) is 0 Å². The molecule has 0 aromatic rings. The van der Waals surface area contributed by atoms with Crippen molar-refractivity contribution in [2.75, 3.05) is 38.7 Å². The zero-order valence-electron chi connectivity index (χ0n) is 6.13. The van der Waals surface area contributed by atoms with Gasteiger partial charge in [-0.25, -0.2) is 10.0 Å². The lowest BCUT2D eigenvalue weighted by atomic mass is 10.7. The maximum absolute atomic E-state index is 2.28. The Morgan fingerprint density at radius 3 is 1.89 bits per heavy atom. The van der Waals surface area contributed by atoms with Gasteiger partial charge in [-0.05, 0) is 0 Å². The molecule has 0 aromatic carbocycles. The van der Waals surface area contributed by atoms with Crippen LogP contribution in [-0.4, -0.2) is 48.7 Å². The summed E-state index contributed by atoms with van der Waals surface area (Å²) < 4.78 is 0. The zero-order valence-corrected chi connectivity index (χ0v) is 6.95. The van der Waals surface area contributed by atoms with E-state index in [1.807, 2.05) is 11.8 Å². The van der Waals surface area contributed by atoms with Gasteiger partial charge in [0.1, 0.15) is 0 Å². The lowest BCUT2D eigenvalue weighted by Crippen LogP contribution is -2.37. The molecule has 0 aliphatic carbocycles. The number of nitrogens with zero attached hydrogens (tertiary/aromatic N) is 2. The Balaban J connectivity index is 2.32. The minimum atomic E-state index is 1.20. The Labute approximate surface area is 61.2 Å². The second-order valence-electron chi connectivity index (χ2n) is 2.37. The van der Waals surface area contributed by atoms with Crippen molar-refractivity contribution in [2.45, 2.75) is 0 Å². The summed E-state index contributed by atoms with van der Waals surface area (Å²) >= 11 is 2.04. The predicted octanol–water partition coefficient (Wildman–Crippen LogP) is 0.512. The second-order valence-corrected chi connectivity index (χ2v) is 3.60. The zero-order chi connectivity index (χ0) is 6.69. The summed E-state index contributed by atoms with van der Waals surface area (Å²) in [5.74, 6) is 2.56. The van der Waals surface area contributed by atoms with Crippen LogP contribution in [0.15, 0.2) is 0 Å². The van der Waals surface area contributed by atoms with Gasteiger partial charge in [-0.3, -0.25) is 0 Å². The fraction of sp³-hybridized carbons (Fsp3) is 1.00. The van der Waals surface area contributed by atoms with Crippen molar-refractivity contribution in [1.82, 2.24) is 10.0 Å². The van der Waals surface area contributed by atoms with E-state index in [9.17, 15) is 0 Å². The van der Waals surface area contributed by atoms with Crippen LogP contribution in [0, 0.1) is 0 Å². The third-order valence-electron chi connectivity index (χ3n) is 1.70. The molecule has 0 spiro atoms. The van der Waals surface area contributed by atoms with Crippen LogP contribution in [0.4, 0.5) is 0 Å². The fourth-order valence-electron chi connectivity index (χ4n) is 0.837. The molecule has 1 saturated heterocycles. The van der Waals surface area contributed by atoms with Gasteiger partial charge < -0.3 is 0 Å². The highest BCUT2D eigenvalue weighted by atomic mass is 32.2. The van der Waals surface area contributed by atoms with E-state index in [0.717, 1.165) is 0 Å². The first-order valence-corrected chi connectivity index (χ1v) is 4.46. The average Bonchev–Trinajstić information content (AvgIpc) is 1.99. The molecule has 0 amide bonds. The van der Waals surface area contributed by atoms with E-state index in [1.165, 1.54) is 24.6 Å². The van der Waals surface area contributed by atoms with Crippen molar-refractivity contribution in [2.24, 2.45) is 0 Å². The molecular weight excluding hydrogens is 132 g/mol. The van der Waals surface area contributed by atoms with Crippen LogP contribution < -0.4 is 0 Å². The molecule has 0 N–H and O–H groups in total. The van der Waals surface area contributed by atoms with E-state index in [0.29, 0.717) is 0 Å². The summed E-state index contributed by atoms with van der Waals surface area (Å²) in [5, 5.41) is 4.56. The molecule has 0 radical (unpaired) electrons. The Bertz CT molecular complexity index is 77.1. The summed E-state index contributed by atoms with van der Waals surface area (Å²) in [7, 11) is 4.29. The topological polar surface area (TPSA) is 6.48 Å². The number of hydrazine groups is 1. The predicted molar refractivity (Wildman–Crippen MR) is 42.6 cm³/mol. The third kappa shape index (κ3) is 2.16. The third-order valence-corrected chi connectivity index (χ3v) is 2.64. The molecule has 1 aliphatic rings. The Kier molecular flexibility index (Phi) is 2.82. The molecule has 1 aliphatic heterocycles. The van der Waals surface area contributed by atoms with Crippen LogP contribution in [0.2, 0.25) is 0 Å². The van der Waals surface area contributed by atoms with Gasteiger partial charge in [0.05, 0.1) is 0 Å². The molecule has 1 heterocycles. The summed E-state index contributed by atoms with van der Waals surface area (Å²) in [5.41, 5.74) is 0. The molecule has 0 saturated carbocycles. The monoisotopic (exact) mass is 146 g/mol. The molecule has 0 aromatic heterocycles. The van der Waals surface area contributed by atoms with Gasteiger partial charge in [-0.1, -0.05) is 0 Å². The summed E-state index contributed by atoms with van der Waals surface area (Å²) in [6, 6.07) is 0. The Morgan fingerprint density at radius 2 is 1.44 bits per heavy atom. The van der Waals surface area contributed by atoms with Crippen molar-refractivity contribution in [3.63, 3.8) is 0 Å². The Hall–Kier alpha value is 0.270. The van der Waals surface area contributed by atoms with Gasteiger partial charge in [0.2, 0.25) is 0 Å². The van der Waals surface area contributed by atoms with Crippen LogP contribution in [0.3, 0.4) is 0 Å².